The van der Waals surface area contributed by atoms with Gasteiger partial charge in [-0.2, -0.15) is 0 Å². The van der Waals surface area contributed by atoms with Gasteiger partial charge in [-0.25, -0.2) is 13.2 Å². The second-order valence-corrected chi connectivity index (χ2v) is 18.7. The van der Waals surface area contributed by atoms with Crippen LogP contribution in [0.2, 0.25) is 5.02 Å². The zero-order chi connectivity index (χ0) is 37.3. The molecule has 278 valence electrons. The monoisotopic (exact) mass is 747 g/mol. The molecule has 5 aliphatic rings. The second kappa shape index (κ2) is 12.7. The van der Waals surface area contributed by atoms with E-state index in [2.05, 4.69) is 27.1 Å². The number of hydrogen-bond donors (Lipinski definition) is 3. The van der Waals surface area contributed by atoms with Crippen LogP contribution in [0, 0.1) is 11.3 Å². The Morgan fingerprint density at radius 3 is 2.45 bits per heavy atom. The van der Waals surface area contributed by atoms with Gasteiger partial charge >= 0.3 is 6.09 Å². The number of likely N-dealkylation sites (tertiary alicyclic amines) is 1. The molecule has 3 fully saturated rings. The van der Waals surface area contributed by atoms with E-state index >= 15 is 0 Å². The Kier molecular flexibility index (Phi) is 9.18. The largest absolute Gasteiger partial charge is 0.491 e. The predicted octanol–water partition coefficient (Wildman–Crippen LogP) is 3.35. The Morgan fingerprint density at radius 1 is 1.14 bits per heavy atom. The van der Waals surface area contributed by atoms with E-state index < -0.39 is 79.2 Å². The van der Waals surface area contributed by atoms with Crippen LogP contribution in [0.25, 0.3) is 0 Å². The van der Waals surface area contributed by atoms with Crippen LogP contribution < -0.4 is 20.1 Å². The Bertz CT molecular complexity index is 1820. The van der Waals surface area contributed by atoms with Crippen molar-refractivity contribution in [2.75, 3.05) is 13.2 Å². The first-order valence-corrected chi connectivity index (χ1v) is 19.1. The highest BCUT2D eigenvalue weighted by molar-refractivity contribution is 7.91. The molecule has 0 radical (unpaired) electrons. The van der Waals surface area contributed by atoms with Gasteiger partial charge in [0.2, 0.25) is 21.8 Å². The van der Waals surface area contributed by atoms with Gasteiger partial charge in [-0.05, 0) is 63.1 Å². The molecular formula is C35H46ClN5O9S. The van der Waals surface area contributed by atoms with Crippen molar-refractivity contribution in [3.05, 3.63) is 40.9 Å². The third-order valence-corrected chi connectivity index (χ3v) is 12.0. The molecule has 3 N–H and O–H groups in total. The molecule has 5 atom stereocenters. The van der Waals surface area contributed by atoms with Crippen LogP contribution in [0.5, 0.6) is 5.75 Å². The molecule has 1 aromatic carbocycles. The summed E-state index contributed by atoms with van der Waals surface area (Å²) in [5.74, 6) is -1.99. The average molecular weight is 748 g/mol. The van der Waals surface area contributed by atoms with E-state index in [9.17, 15) is 27.6 Å². The smallest absolute Gasteiger partial charge is 0.408 e. The molecule has 16 heteroatoms. The van der Waals surface area contributed by atoms with Crippen molar-refractivity contribution in [2.45, 2.75) is 114 Å². The van der Waals surface area contributed by atoms with Crippen molar-refractivity contribution in [3.8, 4) is 5.75 Å². The number of rotatable bonds is 9. The first kappa shape index (κ1) is 36.9. The van der Waals surface area contributed by atoms with Gasteiger partial charge in [-0.3, -0.25) is 19.1 Å². The molecule has 51 heavy (non-hydrogen) atoms. The van der Waals surface area contributed by atoms with Crippen LogP contribution >= 0.6 is 11.6 Å². The lowest BCUT2D eigenvalue weighted by atomic mass is 9.85. The van der Waals surface area contributed by atoms with Gasteiger partial charge in [-0.15, -0.1) is 6.58 Å². The molecule has 0 aromatic heterocycles. The van der Waals surface area contributed by atoms with Crippen LogP contribution in [0.3, 0.4) is 0 Å². The lowest BCUT2D eigenvalue weighted by Gasteiger charge is -2.36. The summed E-state index contributed by atoms with van der Waals surface area (Å²) in [6, 6.07) is 1.39. The third-order valence-electron chi connectivity index (χ3n) is 9.92. The molecule has 0 bridgehead atoms. The molecule has 4 amide bonds. The third kappa shape index (κ3) is 7.41. The quantitative estimate of drug-likeness (QED) is 0.319. The standard InChI is InChI=1S/C35H46ClN5O9S/c1-8-21-15-35(21,30(44)40-51(46,47)22-9-10-22)38-28(42)25-17-34(16-24(39-50-34)20-13-19-11-12-48-26(19)23(36)14-20)18-41(25)29(43)27(32(2,3)4)37-31(45)49-33(5,6)7/h8,13-14,21-22,25,27H,1,9-12,15-18H2,2-7H3,(H,37,45)(H,38,42)(H,40,44)/t21-,25?,27-,34-,35+/m1/s1. The van der Waals surface area contributed by atoms with Gasteiger partial charge in [0.25, 0.3) is 5.91 Å². The van der Waals surface area contributed by atoms with E-state index in [0.29, 0.717) is 42.4 Å². The highest BCUT2D eigenvalue weighted by atomic mass is 35.5. The number of hydrogen-bond acceptors (Lipinski definition) is 10. The number of nitrogens with zero attached hydrogens (tertiary/aromatic N) is 2. The predicted molar refractivity (Wildman–Crippen MR) is 188 cm³/mol. The molecular weight excluding hydrogens is 702 g/mol. The minimum atomic E-state index is -3.90. The number of halogens is 1. The van der Waals surface area contributed by atoms with Crippen LogP contribution in [0.4, 0.5) is 4.79 Å². The van der Waals surface area contributed by atoms with E-state index in [4.69, 9.17) is 25.9 Å². The van der Waals surface area contributed by atoms with Gasteiger partial charge in [0.05, 0.1) is 29.1 Å². The maximum atomic E-state index is 14.6. The second-order valence-electron chi connectivity index (χ2n) is 16.3. The minimum Gasteiger partial charge on any atom is -0.491 e. The van der Waals surface area contributed by atoms with E-state index in [1.807, 2.05) is 6.07 Å². The number of oxime groups is 1. The highest BCUT2D eigenvalue weighted by Gasteiger charge is 2.63. The maximum absolute atomic E-state index is 14.6. The number of benzene rings is 1. The van der Waals surface area contributed by atoms with E-state index in [1.54, 1.807) is 47.6 Å². The Morgan fingerprint density at radius 2 is 1.84 bits per heavy atom. The summed E-state index contributed by atoms with van der Waals surface area (Å²) in [6.07, 6.45) is 2.66. The molecule has 2 aliphatic carbocycles. The van der Waals surface area contributed by atoms with Crippen LogP contribution in [0.1, 0.15) is 84.8 Å². The van der Waals surface area contributed by atoms with Crippen LogP contribution in [0.15, 0.2) is 29.9 Å². The normalized spacial score (nSPS) is 27.4. The first-order chi connectivity index (χ1) is 23.7. The molecule has 1 spiro atoms. The fourth-order valence-electron chi connectivity index (χ4n) is 6.97. The summed E-state index contributed by atoms with van der Waals surface area (Å²) in [4.78, 5) is 62.8. The molecule has 3 heterocycles. The van der Waals surface area contributed by atoms with Crippen molar-refractivity contribution >= 4 is 51.2 Å². The summed E-state index contributed by atoms with van der Waals surface area (Å²) >= 11 is 6.52. The minimum absolute atomic E-state index is 0.000511. The van der Waals surface area contributed by atoms with Crippen molar-refractivity contribution in [2.24, 2.45) is 16.5 Å². The van der Waals surface area contributed by atoms with Gasteiger partial charge in [0.1, 0.15) is 29.0 Å². The molecule has 6 rings (SSSR count). The maximum Gasteiger partial charge on any atom is 0.408 e. The fraction of sp³-hybridized carbons (Fsp3) is 0.629. The SMILES string of the molecule is C=C[C@@H]1C[C@@]1(NC(=O)C1C[C@]2(CC(c3cc(Cl)c4c(c3)CCO4)=NO2)CN1C(=O)[C@@H](NC(=O)OC(C)(C)C)C(C)(C)C)C(=O)NS(=O)(=O)C1CC1. The Labute approximate surface area is 303 Å². The topological polar surface area (TPSA) is 182 Å². The number of nitrogens with one attached hydrogen (secondary N) is 3. The molecule has 1 saturated heterocycles. The number of amides is 4. The number of carbonyl (C=O) groups excluding carboxylic acids is 4. The van der Waals surface area contributed by atoms with Crippen molar-refractivity contribution in [1.29, 1.82) is 0 Å². The zero-order valence-corrected chi connectivity index (χ0v) is 31.3. The lowest BCUT2D eigenvalue weighted by molar-refractivity contribution is -0.143. The van der Waals surface area contributed by atoms with Crippen molar-refractivity contribution in [3.63, 3.8) is 0 Å². The fourth-order valence-corrected chi connectivity index (χ4v) is 8.63. The molecule has 3 aliphatic heterocycles. The van der Waals surface area contributed by atoms with Gasteiger partial charge in [0.15, 0.2) is 5.60 Å². The summed E-state index contributed by atoms with van der Waals surface area (Å²) < 4.78 is 38.6. The molecule has 2 saturated carbocycles. The van der Waals surface area contributed by atoms with Crippen LogP contribution in [-0.4, -0.2) is 90.1 Å². The highest BCUT2D eigenvalue weighted by Crippen LogP contribution is 2.47. The summed E-state index contributed by atoms with van der Waals surface area (Å²) in [7, 11) is -3.90. The lowest BCUT2D eigenvalue weighted by Crippen LogP contribution is -2.60. The van der Waals surface area contributed by atoms with Crippen LogP contribution in [-0.2, 0) is 40.4 Å². The summed E-state index contributed by atoms with van der Waals surface area (Å²) in [5, 5.41) is 9.69. The van der Waals surface area contributed by atoms with Gasteiger partial charge < -0.3 is 29.8 Å². The Balaban J connectivity index is 1.29. The van der Waals surface area contributed by atoms with Gasteiger partial charge in [-0.1, -0.05) is 43.6 Å². The number of alkyl carbamates (subject to hydrolysis) is 1. The van der Waals surface area contributed by atoms with Gasteiger partial charge in [0, 0.05) is 30.7 Å². The Hall–Kier alpha value is -3.85. The molecule has 14 nitrogen and oxygen atoms in total. The van der Waals surface area contributed by atoms with E-state index in [0.717, 1.165) is 11.1 Å². The summed E-state index contributed by atoms with van der Waals surface area (Å²) in [6.45, 7) is 14.7. The van der Waals surface area contributed by atoms with Crippen molar-refractivity contribution < 1.29 is 41.9 Å². The van der Waals surface area contributed by atoms with Crippen molar-refractivity contribution in [1.82, 2.24) is 20.3 Å². The van der Waals surface area contributed by atoms with E-state index in [-0.39, 0.29) is 25.8 Å². The number of ether oxygens (including phenoxy) is 2. The number of carbonyl (C=O) groups is 4. The zero-order valence-electron chi connectivity index (χ0n) is 29.8. The number of fused-ring (bicyclic) bond motifs is 1. The molecule has 1 unspecified atom stereocenters. The number of sulfonamides is 1. The molecule has 1 aromatic rings. The van der Waals surface area contributed by atoms with E-state index in [1.165, 1.54) is 11.0 Å². The average Bonchev–Trinajstić information content (AvgIpc) is 3.85. The first-order valence-electron chi connectivity index (χ1n) is 17.2. The summed E-state index contributed by atoms with van der Waals surface area (Å²) in [5.41, 5.74) is -2.10.